The van der Waals surface area contributed by atoms with Gasteiger partial charge in [-0.25, -0.2) is 4.98 Å². The van der Waals surface area contributed by atoms with Crippen molar-refractivity contribution in [1.29, 1.82) is 5.41 Å². The first-order valence-corrected chi connectivity index (χ1v) is 7.41. The quantitative estimate of drug-likeness (QED) is 0.615. The maximum Gasteiger partial charge on any atom is 0.137 e. The van der Waals surface area contributed by atoms with Crippen LogP contribution < -0.4 is 11.1 Å². The molecular weight excluding hydrogens is 290 g/mol. The Kier molecular flexibility index (Phi) is 5.30. The molecule has 6 nitrogen and oxygen atoms in total. The predicted octanol–water partition coefficient (Wildman–Crippen LogP) is 2.90. The number of benzene rings is 1. The van der Waals surface area contributed by atoms with Gasteiger partial charge >= 0.3 is 0 Å². The number of rotatable bonds is 6. The zero-order chi connectivity index (χ0) is 16.8. The molecule has 0 atom stereocenters. The lowest BCUT2D eigenvalue weighted by atomic mass is 9.95. The first-order valence-electron chi connectivity index (χ1n) is 7.41. The van der Waals surface area contributed by atoms with Crippen LogP contribution in [0.25, 0.3) is 11.1 Å². The number of nitrogens with zero attached hydrogens (tertiary/aromatic N) is 2. The van der Waals surface area contributed by atoms with Crippen molar-refractivity contribution < 1.29 is 5.11 Å². The summed E-state index contributed by atoms with van der Waals surface area (Å²) >= 11 is 0. The lowest BCUT2D eigenvalue weighted by Crippen LogP contribution is -2.11. The minimum atomic E-state index is 0.149. The van der Waals surface area contributed by atoms with E-state index in [9.17, 15) is 5.11 Å². The lowest BCUT2D eigenvalue weighted by molar-refractivity contribution is 0.475. The van der Waals surface area contributed by atoms with E-state index >= 15 is 0 Å². The molecule has 0 amide bonds. The molecule has 0 saturated carbocycles. The number of aliphatic imine (C=N–C) groups is 1. The molecular formula is C17H21N5O. The molecule has 0 aliphatic rings. The number of aromatic hydroxyl groups is 1. The monoisotopic (exact) mass is 311 g/mol. The number of aromatic nitrogens is 1. The number of phenols is 1. The number of anilines is 2. The highest BCUT2D eigenvalue weighted by atomic mass is 16.3. The molecule has 120 valence electrons. The van der Waals surface area contributed by atoms with Crippen LogP contribution in [0.5, 0.6) is 5.75 Å². The molecule has 2 rings (SSSR count). The maximum atomic E-state index is 9.79. The van der Waals surface area contributed by atoms with Gasteiger partial charge in [-0.1, -0.05) is 19.1 Å². The van der Waals surface area contributed by atoms with Crippen molar-refractivity contribution in [3.05, 3.63) is 35.4 Å². The van der Waals surface area contributed by atoms with Crippen LogP contribution in [0.1, 0.15) is 24.5 Å². The smallest absolute Gasteiger partial charge is 0.137 e. The fourth-order valence-electron chi connectivity index (χ4n) is 2.38. The second-order valence-electron chi connectivity index (χ2n) is 5.06. The molecule has 0 aliphatic carbocycles. The molecule has 5 N–H and O–H groups in total. The van der Waals surface area contributed by atoms with Crippen molar-refractivity contribution in [1.82, 2.24) is 4.98 Å². The van der Waals surface area contributed by atoms with Gasteiger partial charge in [0, 0.05) is 42.7 Å². The number of pyridine rings is 1. The standard InChI is InChI=1S/C17H21N5O/c1-3-7-21-17-13(9-18)15(11-5-4-6-12(23)8-11)14(10-20-2)16(19)22-17/h4-6,8-10,18,23H,3,7H2,1-2H3,(H3,19,21,22). The van der Waals surface area contributed by atoms with Crippen LogP contribution in [-0.4, -0.2) is 36.1 Å². The second kappa shape index (κ2) is 7.40. The molecule has 0 saturated heterocycles. The Hall–Kier alpha value is -2.89. The van der Waals surface area contributed by atoms with Gasteiger partial charge in [0.05, 0.1) is 0 Å². The average molecular weight is 311 g/mol. The third-order valence-electron chi connectivity index (χ3n) is 3.38. The highest BCUT2D eigenvalue weighted by Gasteiger charge is 2.18. The summed E-state index contributed by atoms with van der Waals surface area (Å²) in [7, 11) is 1.65. The summed E-state index contributed by atoms with van der Waals surface area (Å²) in [5, 5.41) is 20.8. The van der Waals surface area contributed by atoms with Gasteiger partial charge in [0.25, 0.3) is 0 Å². The minimum absolute atomic E-state index is 0.149. The molecule has 0 bridgehead atoms. The van der Waals surface area contributed by atoms with E-state index in [0.29, 0.717) is 22.8 Å². The van der Waals surface area contributed by atoms with E-state index in [1.165, 1.54) is 6.21 Å². The Bertz CT molecular complexity index is 740. The Morgan fingerprint density at radius 1 is 1.39 bits per heavy atom. The van der Waals surface area contributed by atoms with E-state index in [1.54, 1.807) is 31.5 Å². The van der Waals surface area contributed by atoms with Gasteiger partial charge in [0.1, 0.15) is 17.4 Å². The summed E-state index contributed by atoms with van der Waals surface area (Å²) in [5.74, 6) is 1.04. The molecule has 0 unspecified atom stereocenters. The van der Waals surface area contributed by atoms with Crippen LogP contribution in [0, 0.1) is 5.41 Å². The molecule has 0 spiro atoms. The topological polar surface area (TPSA) is 107 Å². The van der Waals surface area contributed by atoms with E-state index in [0.717, 1.165) is 24.1 Å². The van der Waals surface area contributed by atoms with E-state index < -0.39 is 0 Å². The van der Waals surface area contributed by atoms with Gasteiger partial charge < -0.3 is 21.6 Å². The predicted molar refractivity (Wildman–Crippen MR) is 95.9 cm³/mol. The highest BCUT2D eigenvalue weighted by Crippen LogP contribution is 2.34. The molecule has 0 aliphatic heterocycles. The van der Waals surface area contributed by atoms with Crippen molar-refractivity contribution in [2.24, 2.45) is 4.99 Å². The normalized spacial score (nSPS) is 10.9. The van der Waals surface area contributed by atoms with E-state index in [-0.39, 0.29) is 5.75 Å². The zero-order valence-electron chi connectivity index (χ0n) is 13.3. The maximum absolute atomic E-state index is 9.79. The second-order valence-corrected chi connectivity index (χ2v) is 5.06. The highest BCUT2D eigenvalue weighted by molar-refractivity contribution is 6.05. The van der Waals surface area contributed by atoms with Gasteiger partial charge in [-0.2, -0.15) is 0 Å². The Morgan fingerprint density at radius 3 is 2.78 bits per heavy atom. The SMILES string of the molecule is CCCNc1nc(N)c(C=NC)c(-c2cccc(O)c2)c1C=N. The summed E-state index contributed by atoms with van der Waals surface area (Å²) in [6.07, 6.45) is 3.80. The number of nitrogen functional groups attached to an aromatic ring is 1. The third-order valence-corrected chi connectivity index (χ3v) is 3.38. The van der Waals surface area contributed by atoms with Crippen molar-refractivity contribution >= 4 is 24.1 Å². The van der Waals surface area contributed by atoms with Crippen molar-refractivity contribution in [3.8, 4) is 16.9 Å². The Balaban J connectivity index is 2.77. The lowest BCUT2D eigenvalue weighted by Gasteiger charge is -2.17. The van der Waals surface area contributed by atoms with Crippen molar-refractivity contribution in [2.45, 2.75) is 13.3 Å². The van der Waals surface area contributed by atoms with Crippen molar-refractivity contribution in [3.63, 3.8) is 0 Å². The largest absolute Gasteiger partial charge is 0.508 e. The van der Waals surface area contributed by atoms with Crippen molar-refractivity contribution in [2.75, 3.05) is 24.6 Å². The van der Waals surface area contributed by atoms with Crippen LogP contribution in [0.3, 0.4) is 0 Å². The molecule has 6 heteroatoms. The van der Waals surface area contributed by atoms with Crippen LogP contribution in [0.2, 0.25) is 0 Å². The average Bonchev–Trinajstić information content (AvgIpc) is 2.54. The summed E-state index contributed by atoms with van der Waals surface area (Å²) in [4.78, 5) is 8.41. The Labute approximate surface area is 135 Å². The molecule has 0 radical (unpaired) electrons. The minimum Gasteiger partial charge on any atom is -0.508 e. The summed E-state index contributed by atoms with van der Waals surface area (Å²) in [5.41, 5.74) is 8.84. The summed E-state index contributed by atoms with van der Waals surface area (Å²) < 4.78 is 0. The van der Waals surface area contributed by atoms with E-state index in [4.69, 9.17) is 11.1 Å². The number of nitrogens with two attached hydrogens (primary N) is 1. The number of hydrogen-bond acceptors (Lipinski definition) is 6. The van der Waals surface area contributed by atoms with Crippen LogP contribution in [-0.2, 0) is 0 Å². The van der Waals surface area contributed by atoms with Gasteiger partial charge in [0.2, 0.25) is 0 Å². The fraction of sp³-hybridized carbons (Fsp3) is 0.235. The first kappa shape index (κ1) is 16.5. The van der Waals surface area contributed by atoms with Gasteiger partial charge in [-0.15, -0.1) is 0 Å². The third kappa shape index (κ3) is 3.48. The number of nitrogens with one attached hydrogen (secondary N) is 2. The zero-order valence-corrected chi connectivity index (χ0v) is 13.3. The molecule has 1 aromatic carbocycles. The van der Waals surface area contributed by atoms with Gasteiger partial charge in [-0.3, -0.25) is 4.99 Å². The summed E-state index contributed by atoms with van der Waals surface area (Å²) in [6.45, 7) is 2.78. The Morgan fingerprint density at radius 2 is 2.17 bits per heavy atom. The van der Waals surface area contributed by atoms with Crippen LogP contribution >= 0.6 is 0 Å². The molecule has 1 aromatic heterocycles. The number of hydrogen-bond donors (Lipinski definition) is 4. The molecule has 23 heavy (non-hydrogen) atoms. The van der Waals surface area contributed by atoms with Crippen LogP contribution in [0.15, 0.2) is 29.3 Å². The molecule has 1 heterocycles. The summed E-state index contributed by atoms with van der Waals surface area (Å²) in [6, 6.07) is 6.85. The molecule has 0 fully saturated rings. The van der Waals surface area contributed by atoms with Crippen LogP contribution in [0.4, 0.5) is 11.6 Å². The number of phenolic OH excluding ortho intramolecular Hbond substituents is 1. The first-order chi connectivity index (χ1) is 11.1. The fourth-order valence-corrected chi connectivity index (χ4v) is 2.38. The molecule has 2 aromatic rings. The van der Waals surface area contributed by atoms with Gasteiger partial charge in [-0.05, 0) is 24.1 Å². The van der Waals surface area contributed by atoms with Gasteiger partial charge in [0.15, 0.2) is 0 Å². The van der Waals surface area contributed by atoms with E-state index in [1.807, 2.05) is 6.07 Å². The van der Waals surface area contributed by atoms with E-state index in [2.05, 4.69) is 22.2 Å².